The molecule has 0 saturated carbocycles. The molecule has 0 aliphatic rings. The molecule has 0 aliphatic heterocycles. The van der Waals surface area contributed by atoms with Crippen molar-refractivity contribution in [1.29, 1.82) is 0 Å². The van der Waals surface area contributed by atoms with Crippen LogP contribution in [0.2, 0.25) is 5.02 Å². The predicted molar refractivity (Wildman–Crippen MR) is 130 cm³/mol. The van der Waals surface area contributed by atoms with Crippen LogP contribution in [0.5, 0.6) is 0 Å². The van der Waals surface area contributed by atoms with Gasteiger partial charge in [-0.15, -0.1) is 0 Å². The van der Waals surface area contributed by atoms with Crippen LogP contribution in [-0.2, 0) is 6.54 Å². The molecule has 1 aromatic carbocycles. The maximum Gasteiger partial charge on any atom is 0.175 e. The van der Waals surface area contributed by atoms with Gasteiger partial charge in [-0.2, -0.15) is 0 Å². The zero-order chi connectivity index (χ0) is 22.7. The second kappa shape index (κ2) is 13.5. The molecular formula is C22H35ClN6S. The largest absolute Gasteiger partial charge is 0.382 e. The Bertz CT molecular complexity index is 890. The predicted octanol–water partition coefficient (Wildman–Crippen LogP) is 5.96. The Labute approximate surface area is 190 Å². The first-order valence-electron chi connectivity index (χ1n) is 10.6. The summed E-state index contributed by atoms with van der Waals surface area (Å²) in [6.45, 7) is 16.0. The highest BCUT2D eigenvalue weighted by molar-refractivity contribution is 7.99. The van der Waals surface area contributed by atoms with Crippen LogP contribution in [0, 0.1) is 6.92 Å². The zero-order valence-electron chi connectivity index (χ0n) is 19.2. The van der Waals surface area contributed by atoms with Crippen molar-refractivity contribution in [3.63, 3.8) is 0 Å². The first-order valence-corrected chi connectivity index (χ1v) is 11.8. The van der Waals surface area contributed by atoms with Gasteiger partial charge in [-0.05, 0) is 43.7 Å². The maximum atomic E-state index is 6.20. The second-order valence-electron chi connectivity index (χ2n) is 6.51. The molecule has 0 amide bonds. The van der Waals surface area contributed by atoms with Crippen molar-refractivity contribution in [2.24, 2.45) is 0 Å². The fourth-order valence-electron chi connectivity index (χ4n) is 2.71. The Hall–Kier alpha value is -1.83. The van der Waals surface area contributed by atoms with E-state index in [1.54, 1.807) is 11.8 Å². The monoisotopic (exact) mass is 450 g/mol. The Morgan fingerprint density at radius 1 is 1.13 bits per heavy atom. The Balaban J connectivity index is 0.00000106. The number of aromatic nitrogens is 4. The first kappa shape index (κ1) is 26.2. The fraction of sp³-hybridized carbons (Fsp3) is 0.500. The molecule has 3 aromatic rings. The topological polar surface area (TPSA) is 81.7 Å². The van der Waals surface area contributed by atoms with E-state index < -0.39 is 0 Å². The molecular weight excluding hydrogens is 416 g/mol. The molecule has 8 heteroatoms. The minimum atomic E-state index is 0.401. The summed E-state index contributed by atoms with van der Waals surface area (Å²) in [6, 6.07) is 6.44. The second-order valence-corrected chi connectivity index (χ2v) is 7.98. The highest BCUT2D eigenvalue weighted by Crippen LogP contribution is 2.32. The molecule has 0 saturated heterocycles. The van der Waals surface area contributed by atoms with Crippen molar-refractivity contribution in [3.05, 3.63) is 35.1 Å². The molecule has 0 fully saturated rings. The van der Waals surface area contributed by atoms with E-state index in [0.29, 0.717) is 17.4 Å². The van der Waals surface area contributed by atoms with Gasteiger partial charge in [0.15, 0.2) is 22.1 Å². The van der Waals surface area contributed by atoms with Gasteiger partial charge in [0, 0.05) is 22.5 Å². The number of hydrogen-bond acceptors (Lipinski definition) is 6. The molecule has 2 heterocycles. The minimum absolute atomic E-state index is 0.401. The highest BCUT2D eigenvalue weighted by Gasteiger charge is 2.16. The molecule has 166 valence electrons. The van der Waals surface area contributed by atoms with Crippen LogP contribution in [0.3, 0.4) is 0 Å². The first-order chi connectivity index (χ1) is 14.4. The average Bonchev–Trinajstić information content (AvgIpc) is 3.06. The standard InChI is InChI=1S/C18H23ClN6S.2C2H6/c1-11(2)21-5-4-6-25-17-15(16(20)22-10-23-17)24-18(25)26-14-8-12(3)7-13(19)9-14;2*1-2/h7-11,21H,4-6H2,1-3H3,(H2,20,22,23);2*1-2H3. The van der Waals surface area contributed by atoms with Gasteiger partial charge in [0.25, 0.3) is 0 Å². The van der Waals surface area contributed by atoms with E-state index in [2.05, 4.69) is 39.8 Å². The van der Waals surface area contributed by atoms with Gasteiger partial charge < -0.3 is 15.6 Å². The van der Waals surface area contributed by atoms with Crippen molar-refractivity contribution in [1.82, 2.24) is 24.8 Å². The molecule has 0 spiro atoms. The van der Waals surface area contributed by atoms with Gasteiger partial charge in [-0.25, -0.2) is 15.0 Å². The number of hydrogen-bond donors (Lipinski definition) is 2. The summed E-state index contributed by atoms with van der Waals surface area (Å²) in [6.07, 6.45) is 2.45. The summed E-state index contributed by atoms with van der Waals surface area (Å²) < 4.78 is 2.11. The van der Waals surface area contributed by atoms with Crippen LogP contribution in [-0.4, -0.2) is 32.1 Å². The number of nitrogens with two attached hydrogens (primary N) is 1. The molecule has 2 aromatic heterocycles. The van der Waals surface area contributed by atoms with Crippen LogP contribution in [0.25, 0.3) is 11.2 Å². The van der Waals surface area contributed by atoms with Crippen molar-refractivity contribution < 1.29 is 0 Å². The van der Waals surface area contributed by atoms with Gasteiger partial charge in [-0.1, -0.05) is 64.9 Å². The molecule has 0 unspecified atom stereocenters. The van der Waals surface area contributed by atoms with Gasteiger partial charge in [-0.3, -0.25) is 0 Å². The van der Waals surface area contributed by atoms with Crippen molar-refractivity contribution >= 4 is 40.3 Å². The van der Waals surface area contributed by atoms with E-state index >= 15 is 0 Å². The number of nitrogens with zero attached hydrogens (tertiary/aromatic N) is 4. The van der Waals surface area contributed by atoms with Crippen molar-refractivity contribution in [2.75, 3.05) is 12.3 Å². The summed E-state index contributed by atoms with van der Waals surface area (Å²) in [4.78, 5) is 14.2. The quantitative estimate of drug-likeness (QED) is 0.432. The number of nitrogen functional groups attached to an aromatic ring is 1. The number of benzene rings is 1. The molecule has 0 bridgehead atoms. The van der Waals surface area contributed by atoms with Crippen molar-refractivity contribution in [2.45, 2.75) is 77.5 Å². The van der Waals surface area contributed by atoms with E-state index in [0.717, 1.165) is 45.8 Å². The summed E-state index contributed by atoms with van der Waals surface area (Å²) in [5.41, 5.74) is 8.53. The summed E-state index contributed by atoms with van der Waals surface area (Å²) in [5.74, 6) is 0.401. The fourth-order valence-corrected chi connectivity index (χ4v) is 4.13. The number of fused-ring (bicyclic) bond motifs is 1. The smallest absolute Gasteiger partial charge is 0.175 e. The number of imidazole rings is 1. The lowest BCUT2D eigenvalue weighted by Gasteiger charge is -2.11. The molecule has 3 rings (SSSR count). The zero-order valence-corrected chi connectivity index (χ0v) is 20.7. The molecule has 3 N–H and O–H groups in total. The lowest BCUT2D eigenvalue weighted by molar-refractivity contribution is 0.525. The molecule has 0 aliphatic carbocycles. The molecule has 0 radical (unpaired) electrons. The van der Waals surface area contributed by atoms with Gasteiger partial charge in [0.1, 0.15) is 6.33 Å². The lowest BCUT2D eigenvalue weighted by atomic mass is 10.2. The summed E-state index contributed by atoms with van der Waals surface area (Å²) >= 11 is 7.77. The number of rotatable bonds is 7. The Kier molecular flexibility index (Phi) is 11.8. The van der Waals surface area contributed by atoms with Crippen molar-refractivity contribution in [3.8, 4) is 0 Å². The number of halogens is 1. The third kappa shape index (κ3) is 7.45. The van der Waals surface area contributed by atoms with Crippen LogP contribution < -0.4 is 11.1 Å². The van der Waals surface area contributed by atoms with Crippen LogP contribution in [0.1, 0.15) is 53.5 Å². The van der Waals surface area contributed by atoms with E-state index in [9.17, 15) is 0 Å². The van der Waals surface area contributed by atoms with Crippen LogP contribution in [0.4, 0.5) is 5.82 Å². The Morgan fingerprint density at radius 2 is 1.83 bits per heavy atom. The molecule has 30 heavy (non-hydrogen) atoms. The lowest BCUT2D eigenvalue weighted by Crippen LogP contribution is -2.24. The van der Waals surface area contributed by atoms with Gasteiger partial charge >= 0.3 is 0 Å². The third-order valence-corrected chi connectivity index (χ3v) is 5.05. The summed E-state index contributed by atoms with van der Waals surface area (Å²) in [5, 5.41) is 5.00. The summed E-state index contributed by atoms with van der Waals surface area (Å²) in [7, 11) is 0. The van der Waals surface area contributed by atoms with E-state index in [-0.39, 0.29) is 0 Å². The number of nitrogens with one attached hydrogen (secondary N) is 1. The van der Waals surface area contributed by atoms with E-state index in [1.165, 1.54) is 6.33 Å². The third-order valence-electron chi connectivity index (χ3n) is 3.86. The Morgan fingerprint density at radius 3 is 2.47 bits per heavy atom. The van der Waals surface area contributed by atoms with Gasteiger partial charge in [0.2, 0.25) is 0 Å². The molecule has 6 nitrogen and oxygen atoms in total. The number of anilines is 1. The maximum absolute atomic E-state index is 6.20. The number of aryl methyl sites for hydroxylation is 2. The van der Waals surface area contributed by atoms with E-state index in [1.807, 2.05) is 46.8 Å². The SMILES string of the molecule is CC.CC.Cc1cc(Cl)cc(Sc2nc3c(N)ncnc3n2CCCNC(C)C)c1. The van der Waals surface area contributed by atoms with Crippen LogP contribution in [0.15, 0.2) is 34.6 Å². The van der Waals surface area contributed by atoms with E-state index in [4.69, 9.17) is 22.3 Å². The normalized spacial score (nSPS) is 10.4. The minimum Gasteiger partial charge on any atom is -0.382 e. The highest BCUT2D eigenvalue weighted by atomic mass is 35.5. The van der Waals surface area contributed by atoms with Crippen LogP contribution >= 0.6 is 23.4 Å². The molecule has 0 atom stereocenters. The average molecular weight is 451 g/mol. The van der Waals surface area contributed by atoms with Gasteiger partial charge in [0.05, 0.1) is 0 Å².